The van der Waals surface area contributed by atoms with Gasteiger partial charge in [-0.05, 0) is 17.5 Å². The third-order valence-electron chi connectivity index (χ3n) is 3.00. The molecule has 2 unspecified atom stereocenters. The van der Waals surface area contributed by atoms with Gasteiger partial charge in [0.1, 0.15) is 0 Å². The van der Waals surface area contributed by atoms with Crippen LogP contribution in [-0.2, 0) is 20.7 Å². The van der Waals surface area contributed by atoms with Gasteiger partial charge in [0.25, 0.3) is 0 Å². The number of carboxylic acids is 1. The first-order chi connectivity index (χ1) is 7.65. The minimum atomic E-state index is -0.972. The molecule has 0 bridgehead atoms. The minimum absolute atomic E-state index is 0.444. The number of rotatable bonds is 2. The van der Waals surface area contributed by atoms with Crippen LogP contribution in [0.15, 0.2) is 24.3 Å². The molecule has 0 spiro atoms. The lowest BCUT2D eigenvalue weighted by atomic mass is 9.93. The van der Waals surface area contributed by atoms with Gasteiger partial charge in [-0.2, -0.15) is 0 Å². The topological polar surface area (TPSA) is 63.6 Å². The fraction of sp³-hybridized carbons (Fsp3) is 0.333. The lowest BCUT2D eigenvalue weighted by molar-refractivity contribution is -0.151. The maximum Gasteiger partial charge on any atom is 0.311 e. The Bertz CT molecular complexity index is 438. The number of carbonyl (C=O) groups excluding carboxylic acids is 1. The number of hydrogen-bond acceptors (Lipinski definition) is 3. The average Bonchev–Trinajstić information content (AvgIpc) is 2.67. The molecular formula is C12H12O4. The molecule has 4 heteroatoms. The van der Waals surface area contributed by atoms with Crippen molar-refractivity contribution in [1.82, 2.24) is 0 Å². The van der Waals surface area contributed by atoms with Gasteiger partial charge in [0.15, 0.2) is 0 Å². The maximum atomic E-state index is 11.5. The second-order valence-corrected chi connectivity index (χ2v) is 3.85. The number of methoxy groups -OCH3 is 1. The SMILES string of the molecule is COC(=O)C1Cc2ccccc2C1C(=O)O. The average molecular weight is 220 g/mol. The largest absolute Gasteiger partial charge is 0.481 e. The normalized spacial score (nSPS) is 22.6. The Morgan fingerprint density at radius 2 is 2.06 bits per heavy atom. The summed E-state index contributed by atoms with van der Waals surface area (Å²) < 4.78 is 4.64. The van der Waals surface area contributed by atoms with E-state index in [0.29, 0.717) is 6.42 Å². The molecule has 2 rings (SSSR count). The molecular weight excluding hydrogens is 208 g/mol. The Kier molecular flexibility index (Phi) is 2.64. The zero-order valence-electron chi connectivity index (χ0n) is 8.84. The number of ether oxygens (including phenoxy) is 1. The monoisotopic (exact) mass is 220 g/mol. The highest BCUT2D eigenvalue weighted by Crippen LogP contribution is 2.38. The summed E-state index contributed by atoms with van der Waals surface area (Å²) in [5.74, 6) is -2.80. The van der Waals surface area contributed by atoms with E-state index in [2.05, 4.69) is 4.74 Å². The molecule has 84 valence electrons. The molecule has 0 saturated carbocycles. The maximum absolute atomic E-state index is 11.5. The van der Waals surface area contributed by atoms with Crippen LogP contribution >= 0.6 is 0 Å². The smallest absolute Gasteiger partial charge is 0.311 e. The van der Waals surface area contributed by atoms with Crippen molar-refractivity contribution in [2.75, 3.05) is 7.11 Å². The number of hydrogen-bond donors (Lipinski definition) is 1. The van der Waals surface area contributed by atoms with E-state index in [1.54, 1.807) is 12.1 Å². The van der Waals surface area contributed by atoms with Crippen molar-refractivity contribution in [3.05, 3.63) is 35.4 Å². The molecule has 0 fully saturated rings. The second kappa shape index (κ2) is 3.96. The molecule has 2 atom stereocenters. The van der Waals surface area contributed by atoms with Gasteiger partial charge < -0.3 is 9.84 Å². The highest BCUT2D eigenvalue weighted by molar-refractivity contribution is 5.87. The highest BCUT2D eigenvalue weighted by atomic mass is 16.5. The van der Waals surface area contributed by atoms with E-state index in [4.69, 9.17) is 5.11 Å². The summed E-state index contributed by atoms with van der Waals surface area (Å²) in [4.78, 5) is 22.7. The van der Waals surface area contributed by atoms with Crippen LogP contribution in [0.1, 0.15) is 17.0 Å². The summed E-state index contributed by atoms with van der Waals surface area (Å²) >= 11 is 0. The van der Waals surface area contributed by atoms with Crippen molar-refractivity contribution >= 4 is 11.9 Å². The third-order valence-corrected chi connectivity index (χ3v) is 3.00. The molecule has 0 radical (unpaired) electrons. The molecule has 4 nitrogen and oxygen atoms in total. The van der Waals surface area contributed by atoms with Crippen LogP contribution in [0.2, 0.25) is 0 Å². The van der Waals surface area contributed by atoms with Gasteiger partial charge in [0.2, 0.25) is 0 Å². The Morgan fingerprint density at radius 1 is 1.38 bits per heavy atom. The fourth-order valence-corrected chi connectivity index (χ4v) is 2.27. The highest BCUT2D eigenvalue weighted by Gasteiger charge is 2.42. The molecule has 0 heterocycles. The van der Waals surface area contributed by atoms with Gasteiger partial charge in [-0.15, -0.1) is 0 Å². The number of carboxylic acid groups (broad SMARTS) is 1. The summed E-state index contributed by atoms with van der Waals surface area (Å²) in [7, 11) is 1.28. The van der Waals surface area contributed by atoms with Crippen LogP contribution in [0.5, 0.6) is 0 Å². The Hall–Kier alpha value is -1.84. The van der Waals surface area contributed by atoms with E-state index in [1.165, 1.54) is 7.11 Å². The molecule has 1 aliphatic rings. The van der Waals surface area contributed by atoms with Crippen molar-refractivity contribution in [2.24, 2.45) is 5.92 Å². The van der Waals surface area contributed by atoms with Crippen molar-refractivity contribution in [3.8, 4) is 0 Å². The van der Waals surface area contributed by atoms with Gasteiger partial charge in [-0.25, -0.2) is 0 Å². The third kappa shape index (κ3) is 1.56. The van der Waals surface area contributed by atoms with E-state index >= 15 is 0 Å². The minimum Gasteiger partial charge on any atom is -0.481 e. The summed E-state index contributed by atoms with van der Waals surface area (Å²) in [6.07, 6.45) is 0.444. The molecule has 1 aliphatic carbocycles. The number of esters is 1. The molecule has 1 aromatic rings. The molecule has 0 amide bonds. The molecule has 0 saturated heterocycles. The van der Waals surface area contributed by atoms with Gasteiger partial charge in [0, 0.05) is 0 Å². The van der Waals surface area contributed by atoms with Gasteiger partial charge in [-0.3, -0.25) is 9.59 Å². The number of fused-ring (bicyclic) bond motifs is 1. The first-order valence-corrected chi connectivity index (χ1v) is 5.03. The van der Waals surface area contributed by atoms with Crippen molar-refractivity contribution in [3.63, 3.8) is 0 Å². The Labute approximate surface area is 92.8 Å². The van der Waals surface area contributed by atoms with Crippen molar-refractivity contribution < 1.29 is 19.4 Å². The van der Waals surface area contributed by atoms with Crippen LogP contribution in [0.4, 0.5) is 0 Å². The molecule has 16 heavy (non-hydrogen) atoms. The Morgan fingerprint density at radius 3 is 2.69 bits per heavy atom. The second-order valence-electron chi connectivity index (χ2n) is 3.85. The van der Waals surface area contributed by atoms with E-state index in [1.807, 2.05) is 12.1 Å². The van der Waals surface area contributed by atoms with Crippen LogP contribution < -0.4 is 0 Å². The first kappa shape index (κ1) is 10.7. The molecule has 1 aromatic carbocycles. The zero-order chi connectivity index (χ0) is 11.7. The predicted octanol–water partition coefficient (Wildman–Crippen LogP) is 1.20. The van der Waals surface area contributed by atoms with E-state index < -0.39 is 23.8 Å². The number of aliphatic carboxylic acids is 1. The van der Waals surface area contributed by atoms with Crippen LogP contribution in [0.25, 0.3) is 0 Å². The quantitative estimate of drug-likeness (QED) is 0.760. The van der Waals surface area contributed by atoms with Crippen LogP contribution in [0.3, 0.4) is 0 Å². The lowest BCUT2D eigenvalue weighted by Crippen LogP contribution is -2.25. The van der Waals surface area contributed by atoms with E-state index in [-0.39, 0.29) is 0 Å². The van der Waals surface area contributed by atoms with Crippen LogP contribution in [0, 0.1) is 5.92 Å². The zero-order valence-corrected chi connectivity index (χ0v) is 8.84. The predicted molar refractivity (Wildman–Crippen MR) is 56.0 cm³/mol. The first-order valence-electron chi connectivity index (χ1n) is 5.03. The van der Waals surface area contributed by atoms with E-state index in [9.17, 15) is 9.59 Å². The van der Waals surface area contributed by atoms with Gasteiger partial charge >= 0.3 is 11.9 Å². The van der Waals surface area contributed by atoms with Crippen molar-refractivity contribution in [1.29, 1.82) is 0 Å². The Balaban J connectivity index is 2.41. The standard InChI is InChI=1S/C12H12O4/c1-16-12(15)9-6-7-4-2-3-5-8(7)10(9)11(13)14/h2-5,9-10H,6H2,1H3,(H,13,14). The summed E-state index contributed by atoms with van der Waals surface area (Å²) in [6, 6.07) is 7.25. The number of carbonyl (C=O) groups is 2. The molecule has 0 aliphatic heterocycles. The number of benzene rings is 1. The summed E-state index contributed by atoms with van der Waals surface area (Å²) in [5, 5.41) is 9.17. The van der Waals surface area contributed by atoms with Gasteiger partial charge in [0.05, 0.1) is 18.9 Å². The molecule has 0 aromatic heterocycles. The van der Waals surface area contributed by atoms with Crippen LogP contribution in [-0.4, -0.2) is 24.2 Å². The van der Waals surface area contributed by atoms with E-state index in [0.717, 1.165) is 11.1 Å². The lowest BCUT2D eigenvalue weighted by Gasteiger charge is -2.13. The summed E-state index contributed by atoms with van der Waals surface area (Å²) in [6.45, 7) is 0. The van der Waals surface area contributed by atoms with Gasteiger partial charge in [-0.1, -0.05) is 24.3 Å². The fourth-order valence-electron chi connectivity index (χ4n) is 2.27. The summed E-state index contributed by atoms with van der Waals surface area (Å²) in [5.41, 5.74) is 1.65. The molecule has 1 N–H and O–H groups in total. The van der Waals surface area contributed by atoms with Crippen molar-refractivity contribution in [2.45, 2.75) is 12.3 Å².